The first-order valence-corrected chi connectivity index (χ1v) is 5.38. The molecule has 0 amide bonds. The van der Waals surface area contributed by atoms with E-state index in [1.54, 1.807) is 6.92 Å². The van der Waals surface area contributed by atoms with Gasteiger partial charge < -0.3 is 4.74 Å². The standard InChI is InChI=1S/C13H15NO2/c1-2-16-13(15)12(9-6-10-14)11-7-4-3-5-8-11/h3-5,7-8,12H,2,6,9H2,1H3/t12-/m0/s1. The fourth-order valence-corrected chi connectivity index (χ4v) is 1.56. The molecule has 16 heavy (non-hydrogen) atoms. The molecule has 0 bridgehead atoms. The lowest BCUT2D eigenvalue weighted by atomic mass is 9.95. The van der Waals surface area contributed by atoms with E-state index in [2.05, 4.69) is 6.07 Å². The van der Waals surface area contributed by atoms with Gasteiger partial charge in [-0.1, -0.05) is 30.3 Å². The summed E-state index contributed by atoms with van der Waals surface area (Å²) < 4.78 is 5.01. The van der Waals surface area contributed by atoms with Crippen LogP contribution in [0.15, 0.2) is 30.3 Å². The third kappa shape index (κ3) is 3.39. The number of benzene rings is 1. The highest BCUT2D eigenvalue weighted by atomic mass is 16.5. The number of esters is 1. The Morgan fingerprint density at radius 3 is 2.69 bits per heavy atom. The molecule has 0 N–H and O–H groups in total. The molecule has 0 radical (unpaired) electrons. The number of hydrogen-bond donors (Lipinski definition) is 0. The smallest absolute Gasteiger partial charge is 0.313 e. The molecule has 0 fully saturated rings. The summed E-state index contributed by atoms with van der Waals surface area (Å²) in [6.07, 6.45) is 0.873. The minimum atomic E-state index is -0.319. The molecule has 1 aromatic rings. The van der Waals surface area contributed by atoms with Crippen molar-refractivity contribution in [3.63, 3.8) is 0 Å². The summed E-state index contributed by atoms with van der Waals surface area (Å²) in [6.45, 7) is 2.15. The fraction of sp³-hybridized carbons (Fsp3) is 0.385. The van der Waals surface area contributed by atoms with E-state index in [1.165, 1.54) is 0 Å². The van der Waals surface area contributed by atoms with Crippen LogP contribution >= 0.6 is 0 Å². The van der Waals surface area contributed by atoms with Gasteiger partial charge in [0.25, 0.3) is 0 Å². The Labute approximate surface area is 95.7 Å². The van der Waals surface area contributed by atoms with Crippen molar-refractivity contribution in [1.82, 2.24) is 0 Å². The van der Waals surface area contributed by atoms with Crippen LogP contribution in [0.2, 0.25) is 0 Å². The van der Waals surface area contributed by atoms with Crippen LogP contribution in [0.3, 0.4) is 0 Å². The van der Waals surface area contributed by atoms with Crippen LogP contribution in [0.5, 0.6) is 0 Å². The highest BCUT2D eigenvalue weighted by molar-refractivity contribution is 5.78. The molecule has 3 heteroatoms. The Morgan fingerprint density at radius 1 is 1.44 bits per heavy atom. The molecule has 0 heterocycles. The van der Waals surface area contributed by atoms with E-state index in [1.807, 2.05) is 30.3 Å². The summed E-state index contributed by atoms with van der Waals surface area (Å²) in [7, 11) is 0. The molecular formula is C13H15NO2. The zero-order chi connectivity index (χ0) is 11.8. The maximum atomic E-state index is 11.7. The van der Waals surface area contributed by atoms with Crippen LogP contribution in [-0.2, 0) is 9.53 Å². The van der Waals surface area contributed by atoms with Gasteiger partial charge in [-0.3, -0.25) is 4.79 Å². The second-order valence-corrected chi connectivity index (χ2v) is 3.41. The number of carbonyl (C=O) groups excluding carboxylic acids is 1. The van der Waals surface area contributed by atoms with E-state index in [-0.39, 0.29) is 11.9 Å². The van der Waals surface area contributed by atoms with Gasteiger partial charge in [0.2, 0.25) is 0 Å². The van der Waals surface area contributed by atoms with Gasteiger partial charge in [0.15, 0.2) is 0 Å². The average molecular weight is 217 g/mol. The van der Waals surface area contributed by atoms with Crippen LogP contribution < -0.4 is 0 Å². The number of nitrogens with zero attached hydrogens (tertiary/aromatic N) is 1. The quantitative estimate of drug-likeness (QED) is 0.712. The Hall–Kier alpha value is -1.82. The van der Waals surface area contributed by atoms with Gasteiger partial charge in [0.1, 0.15) is 0 Å². The van der Waals surface area contributed by atoms with Gasteiger partial charge in [0, 0.05) is 6.42 Å². The van der Waals surface area contributed by atoms with Crippen LogP contribution in [0.4, 0.5) is 0 Å². The summed E-state index contributed by atoms with van der Waals surface area (Å²) in [5.74, 6) is -0.565. The molecule has 0 saturated carbocycles. The first-order valence-electron chi connectivity index (χ1n) is 5.38. The summed E-state index contributed by atoms with van der Waals surface area (Å²) in [5.41, 5.74) is 0.913. The van der Waals surface area contributed by atoms with Gasteiger partial charge in [-0.05, 0) is 18.9 Å². The van der Waals surface area contributed by atoms with Crippen molar-refractivity contribution in [1.29, 1.82) is 5.26 Å². The van der Waals surface area contributed by atoms with E-state index in [0.29, 0.717) is 19.4 Å². The van der Waals surface area contributed by atoms with Crippen molar-refractivity contribution in [3.8, 4) is 6.07 Å². The third-order valence-electron chi connectivity index (χ3n) is 2.32. The zero-order valence-electron chi connectivity index (χ0n) is 9.35. The van der Waals surface area contributed by atoms with Crippen molar-refractivity contribution in [2.24, 2.45) is 0 Å². The van der Waals surface area contributed by atoms with Gasteiger partial charge >= 0.3 is 5.97 Å². The van der Waals surface area contributed by atoms with Crippen LogP contribution in [0, 0.1) is 11.3 Å². The maximum Gasteiger partial charge on any atom is 0.313 e. The Morgan fingerprint density at radius 2 is 2.12 bits per heavy atom. The van der Waals surface area contributed by atoms with E-state index >= 15 is 0 Å². The van der Waals surface area contributed by atoms with Crippen molar-refractivity contribution < 1.29 is 9.53 Å². The minimum Gasteiger partial charge on any atom is -0.466 e. The number of ether oxygens (including phenoxy) is 1. The summed E-state index contributed by atoms with van der Waals surface area (Å²) in [6, 6.07) is 11.5. The summed E-state index contributed by atoms with van der Waals surface area (Å²) in [4.78, 5) is 11.7. The first-order chi connectivity index (χ1) is 7.79. The van der Waals surface area contributed by atoms with Crippen LogP contribution in [-0.4, -0.2) is 12.6 Å². The number of rotatable bonds is 5. The Balaban J connectivity index is 2.79. The summed E-state index contributed by atoms with van der Waals surface area (Å²) in [5, 5.41) is 8.57. The first kappa shape index (κ1) is 12.3. The molecule has 1 aromatic carbocycles. The molecule has 0 aliphatic rings. The number of nitriles is 1. The van der Waals surface area contributed by atoms with E-state index in [4.69, 9.17) is 10.00 Å². The molecule has 1 rings (SSSR count). The zero-order valence-corrected chi connectivity index (χ0v) is 9.35. The molecule has 0 saturated heterocycles. The Kier molecular flexibility index (Phi) is 5.07. The van der Waals surface area contributed by atoms with Gasteiger partial charge in [-0.15, -0.1) is 0 Å². The highest BCUT2D eigenvalue weighted by Crippen LogP contribution is 2.22. The van der Waals surface area contributed by atoms with Crippen LogP contribution in [0.1, 0.15) is 31.2 Å². The lowest BCUT2D eigenvalue weighted by molar-refractivity contribution is -0.145. The van der Waals surface area contributed by atoms with Crippen molar-refractivity contribution in [3.05, 3.63) is 35.9 Å². The highest BCUT2D eigenvalue weighted by Gasteiger charge is 2.20. The number of hydrogen-bond acceptors (Lipinski definition) is 3. The predicted octanol–water partition coefficient (Wildman–Crippen LogP) is 2.64. The van der Waals surface area contributed by atoms with Gasteiger partial charge in [-0.2, -0.15) is 5.26 Å². The molecular weight excluding hydrogens is 202 g/mol. The molecule has 0 spiro atoms. The van der Waals surface area contributed by atoms with Crippen molar-refractivity contribution in [2.75, 3.05) is 6.61 Å². The second-order valence-electron chi connectivity index (χ2n) is 3.41. The molecule has 3 nitrogen and oxygen atoms in total. The number of carbonyl (C=O) groups is 1. The molecule has 0 unspecified atom stereocenters. The SMILES string of the molecule is CCOC(=O)[C@@H](CCC#N)c1ccccc1. The second kappa shape index (κ2) is 6.62. The fourth-order valence-electron chi connectivity index (χ4n) is 1.56. The lowest BCUT2D eigenvalue weighted by Gasteiger charge is -2.14. The van der Waals surface area contributed by atoms with E-state index in [0.717, 1.165) is 5.56 Å². The third-order valence-corrected chi connectivity index (χ3v) is 2.32. The van der Waals surface area contributed by atoms with Crippen molar-refractivity contribution in [2.45, 2.75) is 25.7 Å². The maximum absolute atomic E-state index is 11.7. The Bertz CT molecular complexity index is 367. The molecule has 0 aliphatic carbocycles. The van der Waals surface area contributed by atoms with Crippen molar-refractivity contribution >= 4 is 5.97 Å². The average Bonchev–Trinajstić information content (AvgIpc) is 2.31. The van der Waals surface area contributed by atoms with Gasteiger partial charge in [-0.25, -0.2) is 0 Å². The molecule has 0 aliphatic heterocycles. The van der Waals surface area contributed by atoms with Gasteiger partial charge in [0.05, 0.1) is 18.6 Å². The lowest BCUT2D eigenvalue weighted by Crippen LogP contribution is -2.15. The topological polar surface area (TPSA) is 50.1 Å². The monoisotopic (exact) mass is 217 g/mol. The summed E-state index contributed by atoms with van der Waals surface area (Å²) >= 11 is 0. The van der Waals surface area contributed by atoms with Crippen LogP contribution in [0.25, 0.3) is 0 Å². The normalized spacial score (nSPS) is 11.5. The predicted molar refractivity (Wildman–Crippen MR) is 60.7 cm³/mol. The molecule has 84 valence electrons. The van der Waals surface area contributed by atoms with E-state index in [9.17, 15) is 4.79 Å². The largest absolute Gasteiger partial charge is 0.466 e. The van der Waals surface area contributed by atoms with E-state index < -0.39 is 0 Å². The minimum absolute atomic E-state index is 0.246. The molecule has 1 atom stereocenters. The molecule has 0 aromatic heterocycles.